The van der Waals surface area contributed by atoms with E-state index in [1.54, 1.807) is 43.3 Å². The van der Waals surface area contributed by atoms with Gasteiger partial charge in [0.05, 0.1) is 11.2 Å². The zero-order valence-corrected chi connectivity index (χ0v) is 16.9. The van der Waals surface area contributed by atoms with Crippen LogP contribution in [0.2, 0.25) is 0 Å². The molecule has 0 aliphatic carbocycles. The van der Waals surface area contributed by atoms with Crippen molar-refractivity contribution < 1.29 is 17.6 Å². The lowest BCUT2D eigenvalue weighted by Crippen LogP contribution is -2.32. The van der Waals surface area contributed by atoms with Crippen molar-refractivity contribution in [2.24, 2.45) is 0 Å². The van der Waals surface area contributed by atoms with Crippen molar-refractivity contribution in [2.75, 3.05) is 6.54 Å². The van der Waals surface area contributed by atoms with Crippen LogP contribution in [0, 0.1) is 20.8 Å². The van der Waals surface area contributed by atoms with Crippen molar-refractivity contribution in [1.82, 2.24) is 5.32 Å². The first-order chi connectivity index (χ1) is 13.3. The number of carbonyl (C=O) groups excluding carboxylic acids is 1. The van der Waals surface area contributed by atoms with E-state index in [1.807, 2.05) is 32.0 Å². The molecule has 0 aliphatic heterocycles. The van der Waals surface area contributed by atoms with Gasteiger partial charge in [0.2, 0.25) is 0 Å². The third-order valence-corrected chi connectivity index (χ3v) is 6.85. The van der Waals surface area contributed by atoms with Crippen LogP contribution in [-0.2, 0) is 9.84 Å². The predicted molar refractivity (Wildman–Crippen MR) is 108 cm³/mol. The standard InChI is InChI=1S/C22H23NO4S/c1-15-7-10-18(11-8-15)22(24)23-14-21(19-5-4-12-27-19)28(25,26)20-13-16(2)6-9-17(20)3/h4-13,21H,14H2,1-3H3,(H,23,24)/t21-/m1/s1. The summed E-state index contributed by atoms with van der Waals surface area (Å²) in [5, 5.41) is 1.72. The van der Waals surface area contributed by atoms with Crippen molar-refractivity contribution in [2.45, 2.75) is 30.9 Å². The molecule has 3 aromatic rings. The molecule has 1 aromatic heterocycles. The second-order valence-electron chi connectivity index (χ2n) is 6.89. The van der Waals surface area contributed by atoms with E-state index in [0.29, 0.717) is 16.9 Å². The fourth-order valence-electron chi connectivity index (χ4n) is 3.00. The van der Waals surface area contributed by atoms with Gasteiger partial charge >= 0.3 is 0 Å². The number of sulfone groups is 1. The Bertz CT molecular complexity index is 1070. The van der Waals surface area contributed by atoms with E-state index in [9.17, 15) is 13.2 Å². The summed E-state index contributed by atoms with van der Waals surface area (Å²) in [6, 6.07) is 15.7. The van der Waals surface area contributed by atoms with Gasteiger partial charge in [-0.05, 0) is 62.2 Å². The summed E-state index contributed by atoms with van der Waals surface area (Å²) in [5.41, 5.74) is 3.04. The molecule has 1 N–H and O–H groups in total. The van der Waals surface area contributed by atoms with Gasteiger partial charge < -0.3 is 9.73 Å². The van der Waals surface area contributed by atoms with E-state index in [1.165, 1.54) is 6.26 Å². The molecule has 146 valence electrons. The number of nitrogens with one attached hydrogen (secondary N) is 1. The first-order valence-corrected chi connectivity index (χ1v) is 10.5. The number of rotatable bonds is 6. The van der Waals surface area contributed by atoms with Crippen molar-refractivity contribution in [3.8, 4) is 0 Å². The molecule has 0 bridgehead atoms. The topological polar surface area (TPSA) is 76.4 Å². The van der Waals surface area contributed by atoms with Crippen LogP contribution in [-0.4, -0.2) is 20.9 Å². The summed E-state index contributed by atoms with van der Waals surface area (Å²) < 4.78 is 32.2. The van der Waals surface area contributed by atoms with Crippen LogP contribution < -0.4 is 5.32 Å². The van der Waals surface area contributed by atoms with Crippen LogP contribution >= 0.6 is 0 Å². The van der Waals surface area contributed by atoms with Gasteiger partial charge in [-0.3, -0.25) is 4.79 Å². The molecule has 0 aliphatic rings. The molecule has 6 heteroatoms. The minimum Gasteiger partial charge on any atom is -0.468 e. The Morgan fingerprint density at radius 3 is 2.32 bits per heavy atom. The van der Waals surface area contributed by atoms with Crippen molar-refractivity contribution in [3.05, 3.63) is 88.9 Å². The van der Waals surface area contributed by atoms with Gasteiger partial charge in [-0.2, -0.15) is 0 Å². The SMILES string of the molecule is Cc1ccc(C(=O)NC[C@H](c2ccco2)S(=O)(=O)c2cc(C)ccc2C)cc1. The van der Waals surface area contributed by atoms with Crippen molar-refractivity contribution in [1.29, 1.82) is 0 Å². The average molecular weight is 397 g/mol. The lowest BCUT2D eigenvalue weighted by Gasteiger charge is -2.18. The maximum absolute atomic E-state index is 13.4. The van der Waals surface area contributed by atoms with Gasteiger partial charge in [-0.25, -0.2) is 8.42 Å². The Morgan fingerprint density at radius 1 is 1.00 bits per heavy atom. The fraction of sp³-hybridized carbons (Fsp3) is 0.227. The molecule has 0 spiro atoms. The molecule has 0 radical (unpaired) electrons. The quantitative estimate of drug-likeness (QED) is 0.678. The Labute approximate surface area is 165 Å². The average Bonchev–Trinajstić information content (AvgIpc) is 3.18. The van der Waals surface area contributed by atoms with Crippen LogP contribution in [0.5, 0.6) is 0 Å². The molecule has 3 rings (SSSR count). The third-order valence-electron chi connectivity index (χ3n) is 4.65. The second kappa shape index (κ2) is 8.02. The molecule has 1 heterocycles. The van der Waals surface area contributed by atoms with Crippen LogP contribution in [0.15, 0.2) is 70.2 Å². The number of benzene rings is 2. The summed E-state index contributed by atoms with van der Waals surface area (Å²) in [6.45, 7) is 5.46. The monoisotopic (exact) mass is 397 g/mol. The highest BCUT2D eigenvalue weighted by Crippen LogP contribution is 2.31. The number of carbonyl (C=O) groups is 1. The molecule has 1 atom stereocenters. The zero-order valence-electron chi connectivity index (χ0n) is 16.1. The highest BCUT2D eigenvalue weighted by Gasteiger charge is 2.33. The minimum absolute atomic E-state index is 0.0874. The molecule has 0 saturated carbocycles. The highest BCUT2D eigenvalue weighted by atomic mass is 32.2. The summed E-state index contributed by atoms with van der Waals surface area (Å²) in [5.74, 6) is -0.0298. The summed E-state index contributed by atoms with van der Waals surface area (Å²) >= 11 is 0. The van der Waals surface area contributed by atoms with Crippen LogP contribution in [0.25, 0.3) is 0 Å². The molecule has 1 amide bonds. The molecular formula is C22H23NO4S. The van der Waals surface area contributed by atoms with Gasteiger partial charge in [0.1, 0.15) is 11.0 Å². The maximum atomic E-state index is 13.4. The van der Waals surface area contributed by atoms with E-state index >= 15 is 0 Å². The zero-order chi connectivity index (χ0) is 20.3. The van der Waals surface area contributed by atoms with E-state index in [2.05, 4.69) is 5.32 Å². The molecule has 0 saturated heterocycles. The van der Waals surface area contributed by atoms with E-state index in [0.717, 1.165) is 11.1 Å². The predicted octanol–water partition coefficient (Wildman–Crippen LogP) is 4.15. The lowest BCUT2D eigenvalue weighted by atomic mass is 10.1. The van der Waals surface area contributed by atoms with Gasteiger partial charge in [-0.15, -0.1) is 0 Å². The third kappa shape index (κ3) is 4.17. The van der Waals surface area contributed by atoms with E-state index in [4.69, 9.17) is 4.42 Å². The first kappa shape index (κ1) is 19.9. The Hall–Kier alpha value is -2.86. The van der Waals surface area contributed by atoms with E-state index in [-0.39, 0.29) is 17.3 Å². The first-order valence-electron chi connectivity index (χ1n) is 8.98. The van der Waals surface area contributed by atoms with Crippen LogP contribution in [0.1, 0.15) is 38.1 Å². The number of hydrogen-bond acceptors (Lipinski definition) is 4. The Morgan fingerprint density at radius 2 is 1.68 bits per heavy atom. The van der Waals surface area contributed by atoms with Gasteiger partial charge in [0.25, 0.3) is 5.91 Å². The highest BCUT2D eigenvalue weighted by molar-refractivity contribution is 7.91. The number of amides is 1. The Balaban J connectivity index is 1.91. The van der Waals surface area contributed by atoms with E-state index < -0.39 is 15.1 Å². The lowest BCUT2D eigenvalue weighted by molar-refractivity contribution is 0.0953. The normalized spacial score (nSPS) is 12.5. The fourth-order valence-corrected chi connectivity index (χ4v) is 4.91. The summed E-state index contributed by atoms with van der Waals surface area (Å²) in [7, 11) is -3.77. The summed E-state index contributed by atoms with van der Waals surface area (Å²) in [6.07, 6.45) is 1.43. The van der Waals surface area contributed by atoms with Gasteiger partial charge in [0, 0.05) is 12.1 Å². The molecule has 5 nitrogen and oxygen atoms in total. The minimum atomic E-state index is -3.77. The number of furan rings is 1. The van der Waals surface area contributed by atoms with Crippen LogP contribution in [0.3, 0.4) is 0 Å². The van der Waals surface area contributed by atoms with Gasteiger partial charge in [0.15, 0.2) is 9.84 Å². The van der Waals surface area contributed by atoms with Crippen molar-refractivity contribution >= 4 is 15.7 Å². The smallest absolute Gasteiger partial charge is 0.251 e. The largest absolute Gasteiger partial charge is 0.468 e. The number of aryl methyl sites for hydroxylation is 3. The van der Waals surface area contributed by atoms with Crippen LogP contribution in [0.4, 0.5) is 0 Å². The molecule has 28 heavy (non-hydrogen) atoms. The number of hydrogen-bond donors (Lipinski definition) is 1. The molecule has 0 fully saturated rings. The maximum Gasteiger partial charge on any atom is 0.251 e. The van der Waals surface area contributed by atoms with Gasteiger partial charge in [-0.1, -0.05) is 29.8 Å². The molecule has 2 aromatic carbocycles. The second-order valence-corrected chi connectivity index (χ2v) is 8.99. The Kier molecular flexibility index (Phi) is 5.70. The molecular weight excluding hydrogens is 374 g/mol. The molecule has 0 unspecified atom stereocenters. The van der Waals surface area contributed by atoms with Crippen molar-refractivity contribution in [3.63, 3.8) is 0 Å². The summed E-state index contributed by atoms with van der Waals surface area (Å²) in [4.78, 5) is 12.7.